The summed E-state index contributed by atoms with van der Waals surface area (Å²) in [4.78, 5) is 4.55. The molecule has 0 saturated heterocycles. The summed E-state index contributed by atoms with van der Waals surface area (Å²) in [5, 5.41) is 0. The van der Waals surface area contributed by atoms with Crippen LogP contribution in [-0.4, -0.2) is 37.5 Å². The van der Waals surface area contributed by atoms with Gasteiger partial charge in [0.25, 0.3) is 0 Å². The summed E-state index contributed by atoms with van der Waals surface area (Å²) in [6.45, 7) is 9.71. The fourth-order valence-corrected chi connectivity index (χ4v) is 3.06. The highest BCUT2D eigenvalue weighted by molar-refractivity contribution is 5.39. The van der Waals surface area contributed by atoms with E-state index >= 15 is 0 Å². The van der Waals surface area contributed by atoms with Crippen LogP contribution >= 0.6 is 0 Å². The molecule has 0 bridgehead atoms. The largest absolute Gasteiger partial charge is 0.370 e. The fourth-order valence-electron chi connectivity index (χ4n) is 3.06. The summed E-state index contributed by atoms with van der Waals surface area (Å²) in [6, 6.07) is 7.53. The van der Waals surface area contributed by atoms with Crippen molar-refractivity contribution >= 4 is 0 Å². The van der Waals surface area contributed by atoms with E-state index in [1.807, 2.05) is 0 Å². The monoisotopic (exact) mass is 272 g/mol. The lowest BCUT2D eigenvalue weighted by Gasteiger charge is -2.31. The van der Waals surface area contributed by atoms with Crippen molar-refractivity contribution in [3.05, 3.63) is 47.2 Å². The predicted octanol–water partition coefficient (Wildman–Crippen LogP) is 3.80. The molecule has 0 aliphatic heterocycles. The Bertz CT molecular complexity index is 488. The van der Waals surface area contributed by atoms with Gasteiger partial charge >= 0.3 is 0 Å². The van der Waals surface area contributed by atoms with Crippen LogP contribution < -0.4 is 0 Å². The molecule has 1 unspecified atom stereocenters. The Morgan fingerprint density at radius 2 is 2.00 bits per heavy atom. The van der Waals surface area contributed by atoms with E-state index in [1.165, 1.54) is 35.2 Å². The summed E-state index contributed by atoms with van der Waals surface area (Å²) in [5.74, 6) is 0.594. The molecule has 0 spiro atoms. The van der Waals surface area contributed by atoms with Crippen LogP contribution in [0.2, 0.25) is 0 Å². The van der Waals surface area contributed by atoms with Crippen LogP contribution in [0.25, 0.3) is 0 Å². The van der Waals surface area contributed by atoms with E-state index in [4.69, 9.17) is 0 Å². The van der Waals surface area contributed by atoms with Gasteiger partial charge in [-0.1, -0.05) is 38.6 Å². The molecule has 0 N–H and O–H groups in total. The van der Waals surface area contributed by atoms with E-state index in [0.29, 0.717) is 12.0 Å². The van der Waals surface area contributed by atoms with Crippen molar-refractivity contribution in [3.8, 4) is 0 Å². The molecular weight excluding hydrogens is 244 g/mol. The Hall–Kier alpha value is -1.28. The zero-order valence-electron chi connectivity index (χ0n) is 13.6. The first-order chi connectivity index (χ1) is 9.40. The normalized spacial score (nSPS) is 17.6. The van der Waals surface area contributed by atoms with Gasteiger partial charge in [-0.25, -0.2) is 0 Å². The Labute approximate surface area is 124 Å². The fraction of sp³-hybridized carbons (Fsp3) is 0.556. The maximum absolute atomic E-state index is 4.25. The molecule has 2 rings (SSSR count). The average Bonchev–Trinajstić information content (AvgIpc) is 2.79. The van der Waals surface area contributed by atoms with E-state index in [9.17, 15) is 0 Å². The van der Waals surface area contributed by atoms with Crippen LogP contribution in [0.1, 0.15) is 48.9 Å². The van der Waals surface area contributed by atoms with Crippen LogP contribution in [0.15, 0.2) is 30.5 Å². The minimum absolute atomic E-state index is 0.496. The van der Waals surface area contributed by atoms with Gasteiger partial charge in [0.2, 0.25) is 0 Å². The molecule has 20 heavy (non-hydrogen) atoms. The van der Waals surface area contributed by atoms with Crippen LogP contribution in [-0.2, 0) is 6.42 Å². The van der Waals surface area contributed by atoms with Gasteiger partial charge in [-0.3, -0.25) is 0 Å². The molecule has 0 heterocycles. The van der Waals surface area contributed by atoms with Crippen molar-refractivity contribution in [2.45, 2.75) is 38.6 Å². The maximum atomic E-state index is 4.25. The van der Waals surface area contributed by atoms with Gasteiger partial charge in [0.05, 0.1) is 6.04 Å². The predicted molar refractivity (Wildman–Crippen MR) is 87.1 cm³/mol. The number of hydrogen-bond acceptors (Lipinski definition) is 2. The number of aryl methyl sites for hydroxylation is 1. The molecular formula is C18H28N2. The number of hydrogen-bond donors (Lipinski definition) is 0. The number of rotatable bonds is 5. The van der Waals surface area contributed by atoms with Gasteiger partial charge < -0.3 is 9.80 Å². The van der Waals surface area contributed by atoms with E-state index in [-0.39, 0.29) is 0 Å². The van der Waals surface area contributed by atoms with Crippen molar-refractivity contribution in [2.24, 2.45) is 0 Å². The second-order valence-corrected chi connectivity index (χ2v) is 6.58. The molecule has 0 amide bonds. The molecule has 1 aliphatic rings. The third kappa shape index (κ3) is 3.06. The lowest BCUT2D eigenvalue weighted by molar-refractivity contribution is 0.276. The van der Waals surface area contributed by atoms with E-state index in [0.717, 1.165) is 6.54 Å². The summed E-state index contributed by atoms with van der Waals surface area (Å²) in [7, 11) is 6.38. The quantitative estimate of drug-likeness (QED) is 0.804. The Morgan fingerprint density at radius 3 is 2.60 bits per heavy atom. The lowest BCUT2D eigenvalue weighted by atomic mass is 9.97. The minimum atomic E-state index is 0.496. The SMILES string of the molecule is C=C(CN(C)C)N(C)C1CCc2ccc(C(C)C)cc21. The molecule has 1 aromatic rings. The summed E-state index contributed by atoms with van der Waals surface area (Å²) >= 11 is 0. The molecule has 0 radical (unpaired) electrons. The van der Waals surface area contributed by atoms with Crippen molar-refractivity contribution < 1.29 is 0 Å². The molecule has 2 nitrogen and oxygen atoms in total. The minimum Gasteiger partial charge on any atom is -0.370 e. The van der Waals surface area contributed by atoms with Crippen LogP contribution in [0, 0.1) is 0 Å². The lowest BCUT2D eigenvalue weighted by Crippen LogP contribution is -2.28. The molecule has 0 fully saturated rings. The molecule has 0 aromatic heterocycles. The Balaban J connectivity index is 2.22. The third-order valence-electron chi connectivity index (χ3n) is 4.35. The van der Waals surface area contributed by atoms with Crippen LogP contribution in [0.4, 0.5) is 0 Å². The molecule has 1 atom stereocenters. The van der Waals surface area contributed by atoms with Gasteiger partial charge in [0.1, 0.15) is 0 Å². The first kappa shape index (κ1) is 15.1. The average molecular weight is 272 g/mol. The first-order valence-corrected chi connectivity index (χ1v) is 7.58. The Kier molecular flexibility index (Phi) is 4.54. The van der Waals surface area contributed by atoms with Gasteiger partial charge in [0, 0.05) is 19.3 Å². The number of fused-ring (bicyclic) bond motifs is 1. The smallest absolute Gasteiger partial charge is 0.0542 e. The highest BCUT2D eigenvalue weighted by Crippen LogP contribution is 2.38. The topological polar surface area (TPSA) is 6.48 Å². The number of likely N-dealkylation sites (N-methyl/N-ethyl adjacent to an activating group) is 2. The first-order valence-electron chi connectivity index (χ1n) is 7.58. The number of nitrogens with zero attached hydrogens (tertiary/aromatic N) is 2. The van der Waals surface area contributed by atoms with Gasteiger partial charge in [0.15, 0.2) is 0 Å². The highest BCUT2D eigenvalue weighted by Gasteiger charge is 2.27. The number of benzene rings is 1. The molecule has 1 aliphatic carbocycles. The molecule has 0 saturated carbocycles. The molecule has 2 heteroatoms. The summed E-state index contributed by atoms with van der Waals surface area (Å²) in [6.07, 6.45) is 2.40. The van der Waals surface area contributed by atoms with Crippen LogP contribution in [0.3, 0.4) is 0 Å². The van der Waals surface area contributed by atoms with Crippen molar-refractivity contribution in [1.82, 2.24) is 9.80 Å². The zero-order valence-corrected chi connectivity index (χ0v) is 13.6. The standard InChI is InChI=1S/C18H28N2/c1-13(2)16-8-7-15-9-10-18(17(15)11-16)20(6)14(3)12-19(4)5/h7-8,11,13,18H,3,9-10,12H2,1-2,4-6H3. The van der Waals surface area contributed by atoms with Gasteiger partial charge in [-0.15, -0.1) is 0 Å². The van der Waals surface area contributed by atoms with Crippen molar-refractivity contribution in [1.29, 1.82) is 0 Å². The molecule has 110 valence electrons. The van der Waals surface area contributed by atoms with Crippen molar-refractivity contribution in [3.63, 3.8) is 0 Å². The van der Waals surface area contributed by atoms with E-state index in [2.05, 4.69) is 69.6 Å². The van der Waals surface area contributed by atoms with Gasteiger partial charge in [-0.2, -0.15) is 0 Å². The highest BCUT2D eigenvalue weighted by atomic mass is 15.2. The third-order valence-corrected chi connectivity index (χ3v) is 4.35. The van der Waals surface area contributed by atoms with E-state index in [1.54, 1.807) is 0 Å². The second-order valence-electron chi connectivity index (χ2n) is 6.58. The van der Waals surface area contributed by atoms with Gasteiger partial charge in [-0.05, 0) is 49.5 Å². The van der Waals surface area contributed by atoms with Crippen molar-refractivity contribution in [2.75, 3.05) is 27.7 Å². The van der Waals surface area contributed by atoms with E-state index < -0.39 is 0 Å². The molecule has 1 aromatic carbocycles. The second kappa shape index (κ2) is 6.01. The maximum Gasteiger partial charge on any atom is 0.0542 e. The zero-order chi connectivity index (χ0) is 14.9. The van der Waals surface area contributed by atoms with Crippen LogP contribution in [0.5, 0.6) is 0 Å². The summed E-state index contributed by atoms with van der Waals surface area (Å²) < 4.78 is 0. The summed E-state index contributed by atoms with van der Waals surface area (Å²) in [5.41, 5.74) is 5.67. The Morgan fingerprint density at radius 1 is 1.30 bits per heavy atom.